The zero-order valence-corrected chi connectivity index (χ0v) is 21.0. The Labute approximate surface area is 213 Å². The molecule has 2 aromatic carbocycles. The van der Waals surface area contributed by atoms with Gasteiger partial charge in [-0.1, -0.05) is 29.8 Å². The van der Waals surface area contributed by atoms with E-state index >= 15 is 0 Å². The lowest BCUT2D eigenvalue weighted by Crippen LogP contribution is -2.38. The number of carbonyl (C=O) groups excluding carboxylic acids is 1. The number of thiophene rings is 1. The standard InChI is InChI=1S/C28H26ClN3O2S/c1-34-21-13-11-18(12-14-21)26-24-9-5-15-31(24)27-23(22-8-2-3-10-25(22)35-27)17-32(26)28(33)30-20-7-4-6-19(29)16-20/h4-7,9,11-16,26H,2-3,8,10,17H2,1H3,(H,30,33). The number of amides is 2. The molecule has 5 nitrogen and oxygen atoms in total. The van der Waals surface area contributed by atoms with Crippen molar-refractivity contribution in [1.82, 2.24) is 9.47 Å². The van der Waals surface area contributed by atoms with E-state index in [2.05, 4.69) is 40.3 Å². The maximum atomic E-state index is 13.9. The monoisotopic (exact) mass is 503 g/mol. The van der Waals surface area contributed by atoms with Crippen LogP contribution in [0.4, 0.5) is 10.5 Å². The highest BCUT2D eigenvalue weighted by molar-refractivity contribution is 7.15. The summed E-state index contributed by atoms with van der Waals surface area (Å²) in [5.41, 5.74) is 5.51. The summed E-state index contributed by atoms with van der Waals surface area (Å²) in [5.74, 6) is 0.792. The summed E-state index contributed by atoms with van der Waals surface area (Å²) in [6.45, 7) is 0.548. The average molecular weight is 504 g/mol. The predicted molar refractivity (Wildman–Crippen MR) is 141 cm³/mol. The molecule has 2 amide bonds. The van der Waals surface area contributed by atoms with Crippen molar-refractivity contribution < 1.29 is 9.53 Å². The zero-order valence-electron chi connectivity index (χ0n) is 19.5. The molecule has 2 aliphatic rings. The summed E-state index contributed by atoms with van der Waals surface area (Å²) in [5, 5.41) is 4.94. The van der Waals surface area contributed by atoms with Gasteiger partial charge in [-0.15, -0.1) is 11.3 Å². The minimum atomic E-state index is -0.256. The van der Waals surface area contributed by atoms with E-state index in [9.17, 15) is 4.79 Å². The Morgan fingerprint density at radius 1 is 1.06 bits per heavy atom. The van der Waals surface area contributed by atoms with E-state index in [1.165, 1.54) is 33.8 Å². The highest BCUT2D eigenvalue weighted by Crippen LogP contribution is 2.44. The SMILES string of the molecule is COc1ccc(C2c3cccn3-c3sc4c(c3CN2C(=O)Nc2cccc(Cl)c2)CCCC4)cc1. The van der Waals surface area contributed by atoms with Crippen LogP contribution in [0, 0.1) is 0 Å². The van der Waals surface area contributed by atoms with Crippen LogP contribution < -0.4 is 10.1 Å². The molecule has 0 radical (unpaired) electrons. The van der Waals surface area contributed by atoms with Crippen LogP contribution in [0.1, 0.15) is 46.1 Å². The van der Waals surface area contributed by atoms with Crippen LogP contribution in [0.3, 0.4) is 0 Å². The highest BCUT2D eigenvalue weighted by Gasteiger charge is 2.36. The second-order valence-electron chi connectivity index (χ2n) is 9.04. The average Bonchev–Trinajstić information content (AvgIpc) is 3.46. The molecule has 1 aliphatic carbocycles. The fourth-order valence-electron chi connectivity index (χ4n) is 5.29. The van der Waals surface area contributed by atoms with Gasteiger partial charge in [0.1, 0.15) is 10.8 Å². The number of rotatable bonds is 3. The highest BCUT2D eigenvalue weighted by atomic mass is 35.5. The molecule has 1 atom stereocenters. The number of nitrogens with zero attached hydrogens (tertiary/aromatic N) is 2. The van der Waals surface area contributed by atoms with Gasteiger partial charge in [-0.05, 0) is 79.3 Å². The number of urea groups is 1. The summed E-state index contributed by atoms with van der Waals surface area (Å²) < 4.78 is 7.68. The molecular formula is C28H26ClN3O2S. The Morgan fingerprint density at radius 3 is 2.69 bits per heavy atom. The smallest absolute Gasteiger partial charge is 0.322 e. The molecule has 6 rings (SSSR count). The van der Waals surface area contributed by atoms with Crippen molar-refractivity contribution in [2.24, 2.45) is 0 Å². The molecule has 4 aromatic rings. The van der Waals surface area contributed by atoms with Gasteiger partial charge < -0.3 is 19.5 Å². The van der Waals surface area contributed by atoms with Crippen LogP contribution in [-0.4, -0.2) is 22.6 Å². The first kappa shape index (κ1) is 22.3. The summed E-state index contributed by atoms with van der Waals surface area (Å²) in [4.78, 5) is 17.3. The Kier molecular flexibility index (Phi) is 5.78. The van der Waals surface area contributed by atoms with Gasteiger partial charge in [-0.2, -0.15) is 0 Å². The number of halogens is 1. The molecular weight excluding hydrogens is 478 g/mol. The Morgan fingerprint density at radius 2 is 1.89 bits per heavy atom. The van der Waals surface area contributed by atoms with Crippen molar-refractivity contribution >= 4 is 34.7 Å². The first-order valence-corrected chi connectivity index (χ1v) is 13.1. The largest absolute Gasteiger partial charge is 0.497 e. The molecule has 1 unspecified atom stereocenters. The van der Waals surface area contributed by atoms with Crippen LogP contribution in [0.25, 0.3) is 5.00 Å². The normalized spacial score (nSPS) is 16.6. The van der Waals surface area contributed by atoms with Gasteiger partial charge >= 0.3 is 6.03 Å². The van der Waals surface area contributed by atoms with Gasteiger partial charge in [-0.25, -0.2) is 4.79 Å². The molecule has 0 spiro atoms. The summed E-state index contributed by atoms with van der Waals surface area (Å²) in [7, 11) is 1.66. The van der Waals surface area contributed by atoms with Crippen molar-refractivity contribution in [2.45, 2.75) is 38.3 Å². The number of hydrogen-bond acceptors (Lipinski definition) is 3. The van der Waals surface area contributed by atoms with Crippen molar-refractivity contribution in [3.8, 4) is 10.8 Å². The summed E-state index contributed by atoms with van der Waals surface area (Å²) in [6.07, 6.45) is 6.77. The van der Waals surface area contributed by atoms with E-state index in [0.717, 1.165) is 29.8 Å². The number of hydrogen-bond donors (Lipinski definition) is 1. The molecule has 0 fully saturated rings. The number of methoxy groups -OCH3 is 1. The van der Waals surface area contributed by atoms with Gasteiger partial charge in [0.25, 0.3) is 0 Å². The number of fused-ring (bicyclic) bond motifs is 5. The fraction of sp³-hybridized carbons (Fsp3) is 0.250. The molecule has 2 aromatic heterocycles. The minimum Gasteiger partial charge on any atom is -0.497 e. The number of nitrogens with one attached hydrogen (secondary N) is 1. The second kappa shape index (κ2) is 9.10. The van der Waals surface area contributed by atoms with Gasteiger partial charge in [0.2, 0.25) is 0 Å². The molecule has 178 valence electrons. The van der Waals surface area contributed by atoms with E-state index in [1.54, 1.807) is 19.2 Å². The Bertz CT molecular complexity index is 1390. The number of aryl methyl sites for hydroxylation is 1. The molecule has 3 heterocycles. The second-order valence-corrected chi connectivity index (χ2v) is 10.6. The van der Waals surface area contributed by atoms with Gasteiger partial charge in [0.05, 0.1) is 25.4 Å². The topological polar surface area (TPSA) is 46.5 Å². The zero-order chi connectivity index (χ0) is 23.9. The molecule has 0 saturated carbocycles. The van der Waals surface area contributed by atoms with Gasteiger partial charge in [0.15, 0.2) is 0 Å². The molecule has 1 aliphatic heterocycles. The minimum absolute atomic E-state index is 0.149. The van der Waals surface area contributed by atoms with E-state index < -0.39 is 0 Å². The van der Waals surface area contributed by atoms with Crippen molar-refractivity contribution in [1.29, 1.82) is 0 Å². The Balaban J connectivity index is 1.49. The molecule has 7 heteroatoms. The van der Waals surface area contributed by atoms with E-state index in [4.69, 9.17) is 16.3 Å². The predicted octanol–water partition coefficient (Wildman–Crippen LogP) is 7.22. The number of carbonyl (C=O) groups is 1. The van der Waals surface area contributed by atoms with Crippen molar-refractivity contribution in [2.75, 3.05) is 12.4 Å². The Hall–Kier alpha value is -3.22. The summed E-state index contributed by atoms with van der Waals surface area (Å²) >= 11 is 8.09. The van der Waals surface area contributed by atoms with Crippen molar-refractivity contribution in [3.05, 3.63) is 99.1 Å². The molecule has 0 bridgehead atoms. The summed E-state index contributed by atoms with van der Waals surface area (Å²) in [6, 6.07) is 19.1. The first-order chi connectivity index (χ1) is 17.1. The third kappa shape index (κ3) is 4.01. The molecule has 1 N–H and O–H groups in total. The lowest BCUT2D eigenvalue weighted by atomic mass is 9.95. The van der Waals surface area contributed by atoms with Gasteiger partial charge in [0, 0.05) is 27.3 Å². The number of anilines is 1. The lowest BCUT2D eigenvalue weighted by molar-refractivity contribution is 0.194. The molecule has 35 heavy (non-hydrogen) atoms. The van der Waals surface area contributed by atoms with E-state index in [1.807, 2.05) is 40.5 Å². The van der Waals surface area contributed by atoms with E-state index in [0.29, 0.717) is 17.3 Å². The molecule has 0 saturated heterocycles. The van der Waals surface area contributed by atoms with Crippen LogP contribution in [0.15, 0.2) is 66.9 Å². The van der Waals surface area contributed by atoms with Crippen LogP contribution in [0.2, 0.25) is 5.02 Å². The van der Waals surface area contributed by atoms with E-state index in [-0.39, 0.29) is 12.1 Å². The number of benzene rings is 2. The van der Waals surface area contributed by atoms with Crippen LogP contribution in [-0.2, 0) is 19.4 Å². The maximum absolute atomic E-state index is 13.9. The number of ether oxygens (including phenoxy) is 1. The fourth-order valence-corrected chi connectivity index (χ4v) is 6.88. The maximum Gasteiger partial charge on any atom is 0.322 e. The third-order valence-corrected chi connectivity index (χ3v) is 8.52. The van der Waals surface area contributed by atoms with Crippen LogP contribution >= 0.6 is 22.9 Å². The lowest BCUT2D eigenvalue weighted by Gasteiger charge is -2.31. The number of aromatic nitrogens is 1. The van der Waals surface area contributed by atoms with Crippen molar-refractivity contribution in [3.63, 3.8) is 0 Å². The van der Waals surface area contributed by atoms with Gasteiger partial charge in [-0.3, -0.25) is 0 Å². The quantitative estimate of drug-likeness (QED) is 0.321. The third-order valence-electron chi connectivity index (χ3n) is 6.95. The first-order valence-electron chi connectivity index (χ1n) is 11.9. The van der Waals surface area contributed by atoms with Crippen LogP contribution in [0.5, 0.6) is 5.75 Å².